The summed E-state index contributed by atoms with van der Waals surface area (Å²) < 4.78 is 0. The van der Waals surface area contributed by atoms with Gasteiger partial charge in [0, 0.05) is 25.3 Å². The molecule has 1 N–H and O–H groups in total. The summed E-state index contributed by atoms with van der Waals surface area (Å²) in [6.07, 6.45) is 1.02. The van der Waals surface area contributed by atoms with Gasteiger partial charge in [-0.25, -0.2) is 4.99 Å². The van der Waals surface area contributed by atoms with Crippen LogP contribution in [0.2, 0.25) is 0 Å². The lowest BCUT2D eigenvalue weighted by molar-refractivity contribution is 0.121. The number of hydrogen-bond acceptors (Lipinski definition) is 3. The van der Waals surface area contributed by atoms with Crippen molar-refractivity contribution in [2.45, 2.75) is 31.0 Å². The summed E-state index contributed by atoms with van der Waals surface area (Å²) in [4.78, 5) is 6.88. The van der Waals surface area contributed by atoms with Crippen molar-refractivity contribution in [1.82, 2.24) is 4.90 Å². The minimum Gasteiger partial charge on any atom is -0.372 e. The topological polar surface area (TPSA) is 35.8 Å². The molecule has 22 heavy (non-hydrogen) atoms. The second kappa shape index (κ2) is 5.58. The van der Waals surface area contributed by atoms with Crippen molar-refractivity contribution in [2.75, 3.05) is 6.54 Å². The van der Waals surface area contributed by atoms with E-state index in [9.17, 15) is 5.11 Å². The molecule has 2 aliphatic heterocycles. The molecule has 3 heteroatoms. The maximum Gasteiger partial charge on any atom is 0.149 e. The van der Waals surface area contributed by atoms with Gasteiger partial charge in [0.2, 0.25) is 0 Å². The molecule has 3 nitrogen and oxygen atoms in total. The van der Waals surface area contributed by atoms with Crippen LogP contribution in [0.25, 0.3) is 0 Å². The summed E-state index contributed by atoms with van der Waals surface area (Å²) in [5.74, 6) is 1.53. The third-order valence-corrected chi connectivity index (χ3v) is 4.74. The maximum absolute atomic E-state index is 10.1. The van der Waals surface area contributed by atoms with Crippen molar-refractivity contribution >= 4 is 5.84 Å². The summed E-state index contributed by atoms with van der Waals surface area (Å²) in [6.45, 7) is 0.981. The average Bonchev–Trinajstić information content (AvgIpc) is 2.99. The Bertz CT molecular complexity index is 668. The van der Waals surface area contributed by atoms with Gasteiger partial charge < -0.3 is 10.0 Å². The molecule has 3 unspecified atom stereocenters. The number of rotatable bonds is 2. The molecule has 0 aliphatic carbocycles. The molecule has 1 saturated heterocycles. The van der Waals surface area contributed by atoms with Gasteiger partial charge in [-0.1, -0.05) is 60.7 Å². The molecule has 2 heterocycles. The van der Waals surface area contributed by atoms with Crippen LogP contribution in [-0.4, -0.2) is 28.6 Å². The number of aliphatic hydroxyl groups excluding tert-OH is 1. The Kier molecular flexibility index (Phi) is 3.43. The summed E-state index contributed by atoms with van der Waals surface area (Å²) in [6, 6.07) is 21.3. The largest absolute Gasteiger partial charge is 0.372 e. The molecule has 0 radical (unpaired) electrons. The second-order valence-corrected chi connectivity index (χ2v) is 6.15. The third-order valence-electron chi connectivity index (χ3n) is 4.74. The van der Waals surface area contributed by atoms with Crippen molar-refractivity contribution in [2.24, 2.45) is 4.99 Å². The molecule has 3 atom stereocenters. The quantitative estimate of drug-likeness (QED) is 0.921. The minimum atomic E-state index is -0.578. The van der Waals surface area contributed by atoms with Gasteiger partial charge in [0.05, 0.1) is 6.04 Å². The highest BCUT2D eigenvalue weighted by Gasteiger charge is 2.38. The lowest BCUT2D eigenvalue weighted by Gasteiger charge is -2.35. The maximum atomic E-state index is 10.1. The predicted octanol–water partition coefficient (Wildman–Crippen LogP) is 3.34. The number of aliphatic hydroxyl groups is 1. The van der Waals surface area contributed by atoms with Crippen LogP contribution in [-0.2, 0) is 0 Å². The summed E-state index contributed by atoms with van der Waals surface area (Å²) >= 11 is 0. The van der Waals surface area contributed by atoms with Crippen LogP contribution in [0.5, 0.6) is 0 Å². The number of fused-ring (bicyclic) bond motifs is 1. The highest BCUT2D eigenvalue weighted by Crippen LogP contribution is 2.39. The normalized spacial score (nSPS) is 27.4. The molecule has 1 fully saturated rings. The number of hydrogen-bond donors (Lipinski definition) is 1. The Morgan fingerprint density at radius 2 is 1.55 bits per heavy atom. The van der Waals surface area contributed by atoms with Crippen LogP contribution in [0.3, 0.4) is 0 Å². The first-order chi connectivity index (χ1) is 10.8. The molecule has 0 saturated carbocycles. The van der Waals surface area contributed by atoms with Crippen molar-refractivity contribution in [3.63, 3.8) is 0 Å². The van der Waals surface area contributed by atoms with Gasteiger partial charge in [0.15, 0.2) is 0 Å². The zero-order chi connectivity index (χ0) is 14.9. The lowest BCUT2D eigenvalue weighted by Crippen LogP contribution is -2.37. The van der Waals surface area contributed by atoms with E-state index in [2.05, 4.69) is 64.5 Å². The molecule has 112 valence electrons. The fraction of sp³-hybridized carbons (Fsp3) is 0.316. The van der Waals surface area contributed by atoms with Crippen LogP contribution in [0.15, 0.2) is 65.7 Å². The van der Waals surface area contributed by atoms with Gasteiger partial charge in [-0.15, -0.1) is 0 Å². The number of nitrogens with zero attached hydrogens (tertiary/aromatic N) is 2. The van der Waals surface area contributed by atoms with E-state index in [0.29, 0.717) is 12.3 Å². The fourth-order valence-electron chi connectivity index (χ4n) is 3.67. The molecule has 0 amide bonds. The number of benzene rings is 2. The summed E-state index contributed by atoms with van der Waals surface area (Å²) in [7, 11) is 0. The Labute approximate surface area is 130 Å². The molecule has 0 bridgehead atoms. The Morgan fingerprint density at radius 3 is 2.23 bits per heavy atom. The number of aliphatic imine (C=N–C) groups is 1. The van der Waals surface area contributed by atoms with Crippen LogP contribution in [0, 0.1) is 0 Å². The van der Waals surface area contributed by atoms with Crippen molar-refractivity contribution < 1.29 is 5.11 Å². The van der Waals surface area contributed by atoms with E-state index < -0.39 is 6.23 Å². The monoisotopic (exact) mass is 292 g/mol. The SMILES string of the molecule is OC1CC(c2ccccc2)N2CC(c3ccccc3)CC2=N1. The van der Waals surface area contributed by atoms with E-state index in [-0.39, 0.29) is 6.04 Å². The van der Waals surface area contributed by atoms with E-state index in [4.69, 9.17) is 0 Å². The minimum absolute atomic E-state index is 0.234. The molecule has 2 aromatic carbocycles. The van der Waals surface area contributed by atoms with Crippen LogP contribution < -0.4 is 0 Å². The average molecular weight is 292 g/mol. The zero-order valence-electron chi connectivity index (χ0n) is 12.5. The van der Waals surface area contributed by atoms with E-state index >= 15 is 0 Å². The zero-order valence-corrected chi connectivity index (χ0v) is 12.5. The highest BCUT2D eigenvalue weighted by molar-refractivity contribution is 5.86. The van der Waals surface area contributed by atoms with Crippen LogP contribution in [0.1, 0.15) is 35.9 Å². The number of amidine groups is 1. The molecular weight excluding hydrogens is 272 g/mol. The standard InChI is InChI=1S/C19H20N2O/c22-19-12-17(15-9-5-2-6-10-15)21-13-16(11-18(21)20-19)14-7-3-1-4-8-14/h1-10,16-17,19,22H,11-13H2. The van der Waals surface area contributed by atoms with Crippen LogP contribution in [0.4, 0.5) is 0 Å². The lowest BCUT2D eigenvalue weighted by atomic mass is 9.98. The van der Waals surface area contributed by atoms with Gasteiger partial charge in [-0.05, 0) is 11.1 Å². The van der Waals surface area contributed by atoms with Gasteiger partial charge in [-0.2, -0.15) is 0 Å². The summed E-state index contributed by atoms with van der Waals surface area (Å²) in [5.41, 5.74) is 2.63. The Morgan fingerprint density at radius 1 is 0.909 bits per heavy atom. The first-order valence-electron chi connectivity index (χ1n) is 7.92. The van der Waals surface area contributed by atoms with Gasteiger partial charge in [0.25, 0.3) is 0 Å². The molecule has 2 aliphatic rings. The molecule has 0 spiro atoms. The highest BCUT2D eigenvalue weighted by atomic mass is 16.3. The third kappa shape index (κ3) is 2.42. The Balaban J connectivity index is 1.64. The first-order valence-corrected chi connectivity index (χ1v) is 7.92. The second-order valence-electron chi connectivity index (χ2n) is 6.15. The van der Waals surface area contributed by atoms with E-state index in [1.807, 2.05) is 6.07 Å². The fourth-order valence-corrected chi connectivity index (χ4v) is 3.67. The van der Waals surface area contributed by atoms with Gasteiger partial charge in [-0.3, -0.25) is 0 Å². The molecule has 2 aromatic rings. The van der Waals surface area contributed by atoms with Crippen molar-refractivity contribution in [3.05, 3.63) is 71.8 Å². The first kappa shape index (κ1) is 13.5. The van der Waals surface area contributed by atoms with E-state index in [0.717, 1.165) is 18.8 Å². The smallest absolute Gasteiger partial charge is 0.149 e. The van der Waals surface area contributed by atoms with E-state index in [1.54, 1.807) is 0 Å². The van der Waals surface area contributed by atoms with Gasteiger partial charge >= 0.3 is 0 Å². The summed E-state index contributed by atoms with van der Waals surface area (Å²) in [5, 5.41) is 10.1. The molecule has 0 aromatic heterocycles. The molecular formula is C19H20N2O. The Hall–Kier alpha value is -2.13. The molecule has 4 rings (SSSR count). The van der Waals surface area contributed by atoms with Crippen molar-refractivity contribution in [3.8, 4) is 0 Å². The van der Waals surface area contributed by atoms with Crippen LogP contribution >= 0.6 is 0 Å². The van der Waals surface area contributed by atoms with Gasteiger partial charge in [0.1, 0.15) is 12.1 Å². The van der Waals surface area contributed by atoms with E-state index in [1.165, 1.54) is 11.1 Å². The predicted molar refractivity (Wildman–Crippen MR) is 87.7 cm³/mol. The van der Waals surface area contributed by atoms with Crippen molar-refractivity contribution in [1.29, 1.82) is 0 Å².